The summed E-state index contributed by atoms with van der Waals surface area (Å²) in [7, 11) is 0. The number of carbonyl (C=O) groups excluding carboxylic acids is 4. The molecule has 2 aromatic carbocycles. The van der Waals surface area contributed by atoms with Crippen molar-refractivity contribution in [2.75, 3.05) is 18.6 Å². The number of carbonyl (C=O) groups is 4. The Morgan fingerprint density at radius 1 is 0.864 bits per heavy atom. The van der Waals surface area contributed by atoms with Gasteiger partial charge in [0.1, 0.15) is 29.3 Å². The molecule has 3 unspecified atom stereocenters. The first-order valence-electron chi connectivity index (χ1n) is 15.0. The molecule has 10 heteroatoms. The SMILES string of the molecule is CCN(C(=O)C(CCSC)NC(=O)OC(C)(C)C)C(C(=O)NC(Cc1ccccc1)C(=O)OC(C)(C)C)c1cccc(C)c1. The molecule has 3 atom stereocenters. The smallest absolute Gasteiger partial charge is 0.408 e. The molecule has 0 spiro atoms. The third-order valence-electron chi connectivity index (χ3n) is 6.43. The first kappa shape index (κ1) is 36.7. The maximum atomic E-state index is 14.2. The summed E-state index contributed by atoms with van der Waals surface area (Å²) >= 11 is 1.54. The molecule has 0 heterocycles. The fourth-order valence-electron chi connectivity index (χ4n) is 4.59. The van der Waals surface area contributed by atoms with Crippen molar-refractivity contribution in [2.24, 2.45) is 0 Å². The summed E-state index contributed by atoms with van der Waals surface area (Å²) in [5, 5.41) is 5.63. The van der Waals surface area contributed by atoms with E-state index < -0.39 is 53.2 Å². The largest absolute Gasteiger partial charge is 0.458 e. The second kappa shape index (κ2) is 16.5. The van der Waals surface area contributed by atoms with E-state index in [2.05, 4.69) is 10.6 Å². The van der Waals surface area contributed by atoms with Crippen molar-refractivity contribution in [3.8, 4) is 0 Å². The van der Waals surface area contributed by atoms with Gasteiger partial charge >= 0.3 is 12.1 Å². The van der Waals surface area contributed by atoms with Crippen LogP contribution in [0.1, 0.15) is 77.6 Å². The lowest BCUT2D eigenvalue weighted by atomic mass is 9.99. The van der Waals surface area contributed by atoms with Gasteiger partial charge in [-0.25, -0.2) is 9.59 Å². The number of nitrogens with one attached hydrogen (secondary N) is 2. The molecule has 0 aromatic heterocycles. The van der Waals surface area contributed by atoms with Crippen LogP contribution >= 0.6 is 11.8 Å². The second-order valence-corrected chi connectivity index (χ2v) is 13.7. The minimum absolute atomic E-state index is 0.173. The van der Waals surface area contributed by atoms with Gasteiger partial charge in [-0.15, -0.1) is 0 Å². The van der Waals surface area contributed by atoms with Crippen LogP contribution in [-0.2, 0) is 30.3 Å². The zero-order chi connectivity index (χ0) is 33.1. The maximum Gasteiger partial charge on any atom is 0.408 e. The molecule has 0 bridgehead atoms. The fraction of sp³-hybridized carbons (Fsp3) is 0.529. The Morgan fingerprint density at radius 3 is 2.05 bits per heavy atom. The van der Waals surface area contributed by atoms with Gasteiger partial charge in [-0.1, -0.05) is 60.2 Å². The van der Waals surface area contributed by atoms with Crippen molar-refractivity contribution in [3.05, 3.63) is 71.3 Å². The van der Waals surface area contributed by atoms with Crippen LogP contribution in [-0.4, -0.2) is 70.6 Å². The highest BCUT2D eigenvalue weighted by Gasteiger charge is 2.37. The lowest BCUT2D eigenvalue weighted by molar-refractivity contribution is -0.159. The van der Waals surface area contributed by atoms with Crippen LogP contribution in [0.3, 0.4) is 0 Å². The summed E-state index contributed by atoms with van der Waals surface area (Å²) < 4.78 is 11.1. The van der Waals surface area contributed by atoms with E-state index in [0.717, 1.165) is 11.1 Å². The maximum absolute atomic E-state index is 14.2. The Kier molecular flexibility index (Phi) is 13.8. The Labute approximate surface area is 266 Å². The summed E-state index contributed by atoms with van der Waals surface area (Å²) in [4.78, 5) is 56.0. The standard InChI is InChI=1S/C34H49N3O6S/c1-10-37(30(39)26(19-20-44-9)36-32(41)43-34(6,7)8)28(25-18-14-15-23(2)21-25)29(38)35-27(31(40)42-33(3,4)5)22-24-16-12-11-13-17-24/h11-18,21,26-28H,10,19-20,22H2,1-9H3,(H,35,38)(H,36,41). The summed E-state index contributed by atoms with van der Waals surface area (Å²) in [6.45, 7) is 14.4. The van der Waals surface area contributed by atoms with Crippen molar-refractivity contribution in [1.29, 1.82) is 0 Å². The van der Waals surface area contributed by atoms with Crippen LogP contribution in [0.15, 0.2) is 54.6 Å². The van der Waals surface area contributed by atoms with Gasteiger partial charge in [0.25, 0.3) is 0 Å². The van der Waals surface area contributed by atoms with Crippen molar-refractivity contribution < 1.29 is 28.7 Å². The summed E-state index contributed by atoms with van der Waals surface area (Å²) in [5.74, 6) is -0.927. The van der Waals surface area contributed by atoms with E-state index in [1.807, 2.05) is 61.7 Å². The molecule has 2 N–H and O–H groups in total. The summed E-state index contributed by atoms with van der Waals surface area (Å²) in [6, 6.07) is 13.7. The van der Waals surface area contributed by atoms with E-state index in [0.29, 0.717) is 17.7 Å². The van der Waals surface area contributed by atoms with E-state index in [1.165, 1.54) is 4.90 Å². The Hall–Kier alpha value is -3.53. The second-order valence-electron chi connectivity index (χ2n) is 12.7. The molecule has 0 aliphatic rings. The van der Waals surface area contributed by atoms with Gasteiger partial charge in [-0.2, -0.15) is 11.8 Å². The highest BCUT2D eigenvalue weighted by atomic mass is 32.2. The van der Waals surface area contributed by atoms with Gasteiger partial charge in [0.2, 0.25) is 11.8 Å². The Morgan fingerprint density at radius 2 is 1.50 bits per heavy atom. The summed E-state index contributed by atoms with van der Waals surface area (Å²) in [6.07, 6.45) is 1.75. The lowest BCUT2D eigenvalue weighted by Crippen LogP contribution is -2.55. The van der Waals surface area contributed by atoms with Crippen molar-refractivity contribution in [2.45, 2.75) is 97.6 Å². The van der Waals surface area contributed by atoms with Gasteiger partial charge in [0.05, 0.1) is 0 Å². The molecule has 0 aliphatic carbocycles. The van der Waals surface area contributed by atoms with E-state index in [4.69, 9.17) is 9.47 Å². The highest BCUT2D eigenvalue weighted by molar-refractivity contribution is 7.98. The molecule has 0 fully saturated rings. The predicted octanol–water partition coefficient (Wildman–Crippen LogP) is 5.60. The topological polar surface area (TPSA) is 114 Å². The number of hydrogen-bond donors (Lipinski definition) is 2. The quantitative estimate of drug-likeness (QED) is 0.278. The molecule has 0 aliphatic heterocycles. The van der Waals surface area contributed by atoms with E-state index in [9.17, 15) is 19.2 Å². The van der Waals surface area contributed by atoms with E-state index in [1.54, 1.807) is 66.3 Å². The van der Waals surface area contributed by atoms with Crippen LogP contribution in [0.2, 0.25) is 0 Å². The third kappa shape index (κ3) is 12.2. The number of ether oxygens (including phenoxy) is 2. The predicted molar refractivity (Wildman–Crippen MR) is 175 cm³/mol. The first-order chi connectivity index (χ1) is 20.5. The molecular formula is C34H49N3O6S. The van der Waals surface area contributed by atoms with Gasteiger partial charge in [-0.3, -0.25) is 9.59 Å². The minimum Gasteiger partial charge on any atom is -0.458 e. The fourth-order valence-corrected chi connectivity index (χ4v) is 5.06. The molecular weight excluding hydrogens is 578 g/mol. The monoisotopic (exact) mass is 627 g/mol. The average molecular weight is 628 g/mol. The molecule has 2 rings (SSSR count). The average Bonchev–Trinajstić information content (AvgIpc) is 2.91. The Balaban J connectivity index is 2.51. The van der Waals surface area contributed by atoms with Gasteiger partial charge in [0.15, 0.2) is 0 Å². The van der Waals surface area contributed by atoms with Crippen LogP contribution in [0, 0.1) is 6.92 Å². The van der Waals surface area contributed by atoms with Crippen LogP contribution < -0.4 is 10.6 Å². The molecule has 0 saturated carbocycles. The van der Waals surface area contributed by atoms with Gasteiger partial charge < -0.3 is 25.0 Å². The molecule has 44 heavy (non-hydrogen) atoms. The number of rotatable bonds is 13. The lowest BCUT2D eigenvalue weighted by Gasteiger charge is -2.34. The Bertz CT molecular complexity index is 1260. The number of benzene rings is 2. The number of thioether (sulfide) groups is 1. The van der Waals surface area contributed by atoms with Crippen molar-refractivity contribution in [3.63, 3.8) is 0 Å². The third-order valence-corrected chi connectivity index (χ3v) is 7.08. The van der Waals surface area contributed by atoms with Crippen molar-refractivity contribution >= 4 is 35.6 Å². The molecule has 0 saturated heterocycles. The number of esters is 1. The van der Waals surface area contributed by atoms with Crippen LogP contribution in [0.5, 0.6) is 0 Å². The van der Waals surface area contributed by atoms with Crippen molar-refractivity contribution in [1.82, 2.24) is 15.5 Å². The minimum atomic E-state index is -1.08. The van der Waals surface area contributed by atoms with Crippen LogP contribution in [0.4, 0.5) is 4.79 Å². The van der Waals surface area contributed by atoms with Gasteiger partial charge in [-0.05, 0) is 84.9 Å². The van der Waals surface area contributed by atoms with Gasteiger partial charge in [0, 0.05) is 13.0 Å². The number of hydrogen-bond acceptors (Lipinski definition) is 7. The molecule has 9 nitrogen and oxygen atoms in total. The number of aryl methyl sites for hydroxylation is 1. The normalized spacial score (nSPS) is 13.7. The van der Waals surface area contributed by atoms with Crippen LogP contribution in [0.25, 0.3) is 0 Å². The summed E-state index contributed by atoms with van der Waals surface area (Å²) in [5.41, 5.74) is 0.818. The zero-order valence-electron chi connectivity index (χ0n) is 27.6. The molecule has 0 radical (unpaired) electrons. The highest BCUT2D eigenvalue weighted by Crippen LogP contribution is 2.25. The zero-order valence-corrected chi connectivity index (χ0v) is 28.4. The number of likely N-dealkylation sites (N-methyl/N-ethyl adjacent to an activating group) is 1. The number of alkyl carbamates (subject to hydrolysis) is 1. The molecule has 3 amide bonds. The first-order valence-corrected chi connectivity index (χ1v) is 16.4. The van der Waals surface area contributed by atoms with E-state index >= 15 is 0 Å². The van der Waals surface area contributed by atoms with E-state index in [-0.39, 0.29) is 13.0 Å². The molecule has 2 aromatic rings. The number of nitrogens with zero attached hydrogens (tertiary/aromatic N) is 1. The molecule has 242 valence electrons. The number of amides is 3.